The van der Waals surface area contributed by atoms with Crippen LogP contribution in [0.25, 0.3) is 6.08 Å². The number of hydrogen-bond donors (Lipinski definition) is 2. The van der Waals surface area contributed by atoms with E-state index in [9.17, 15) is 19.7 Å². The number of thioether (sulfide) groups is 1. The van der Waals surface area contributed by atoms with Crippen LogP contribution in [0.1, 0.15) is 5.56 Å². The number of hydrogen-bond acceptors (Lipinski definition) is 6. The van der Waals surface area contributed by atoms with E-state index in [1.54, 1.807) is 12.1 Å². The number of hydrazine groups is 1. The molecule has 0 unspecified atom stereocenters. The van der Waals surface area contributed by atoms with Gasteiger partial charge in [-0.15, -0.1) is 0 Å². The van der Waals surface area contributed by atoms with Gasteiger partial charge in [-0.25, -0.2) is 10.2 Å². The maximum atomic E-state index is 12.6. The minimum absolute atomic E-state index is 0.103. The molecule has 0 spiro atoms. The van der Waals surface area contributed by atoms with Crippen molar-refractivity contribution in [3.8, 4) is 0 Å². The highest BCUT2D eigenvalue weighted by atomic mass is 35.5. The van der Waals surface area contributed by atoms with Gasteiger partial charge in [0.05, 0.1) is 19.9 Å². The fourth-order valence-corrected chi connectivity index (χ4v) is 3.76. The third kappa shape index (κ3) is 5.04. The lowest BCUT2D eigenvalue weighted by molar-refractivity contribution is -0.384. The van der Waals surface area contributed by atoms with Gasteiger partial charge in [0.15, 0.2) is 4.32 Å². The topological polar surface area (TPSA) is 105 Å². The molecule has 0 bridgehead atoms. The molecule has 3 rings (SSSR count). The first-order valence-electron chi connectivity index (χ1n) is 7.79. The molecule has 0 radical (unpaired) electrons. The highest BCUT2D eigenvalue weighted by Crippen LogP contribution is 2.32. The summed E-state index contributed by atoms with van der Waals surface area (Å²) in [6.45, 7) is 0. The molecule has 1 saturated heterocycles. The molecular weight excluding hydrogens is 459 g/mol. The molecule has 8 nitrogen and oxygen atoms in total. The number of benzene rings is 2. The zero-order valence-corrected chi connectivity index (χ0v) is 17.4. The fraction of sp³-hybridized carbons (Fsp3) is 0. The van der Waals surface area contributed by atoms with Gasteiger partial charge in [-0.3, -0.25) is 14.9 Å². The van der Waals surface area contributed by atoms with Crippen LogP contribution in [0.2, 0.25) is 10.0 Å². The molecule has 1 fully saturated rings. The van der Waals surface area contributed by atoms with Crippen molar-refractivity contribution in [1.82, 2.24) is 10.4 Å². The molecule has 29 heavy (non-hydrogen) atoms. The number of nitrogens with zero attached hydrogens (tertiary/aromatic N) is 2. The van der Waals surface area contributed by atoms with E-state index in [-0.39, 0.29) is 19.9 Å². The van der Waals surface area contributed by atoms with E-state index in [0.29, 0.717) is 16.3 Å². The van der Waals surface area contributed by atoms with E-state index in [1.165, 1.54) is 36.4 Å². The van der Waals surface area contributed by atoms with Gasteiger partial charge in [-0.05, 0) is 42.1 Å². The van der Waals surface area contributed by atoms with Crippen molar-refractivity contribution in [2.75, 3.05) is 5.32 Å². The average Bonchev–Trinajstić information content (AvgIpc) is 2.92. The first-order chi connectivity index (χ1) is 13.7. The molecule has 0 atom stereocenters. The minimum Gasteiger partial charge on any atom is -0.307 e. The van der Waals surface area contributed by atoms with Crippen LogP contribution in [0.5, 0.6) is 0 Å². The number of thiocarbonyl (C=S) groups is 1. The predicted molar refractivity (Wildman–Crippen MR) is 117 cm³/mol. The number of nitro benzene ring substituents is 1. The second kappa shape index (κ2) is 8.78. The number of non-ortho nitro benzene ring substituents is 1. The van der Waals surface area contributed by atoms with Crippen LogP contribution in [0.15, 0.2) is 47.4 Å². The van der Waals surface area contributed by atoms with Gasteiger partial charge >= 0.3 is 6.03 Å². The van der Waals surface area contributed by atoms with Crippen LogP contribution < -0.4 is 10.7 Å². The number of nitro groups is 1. The molecule has 2 aromatic carbocycles. The van der Waals surface area contributed by atoms with Crippen molar-refractivity contribution < 1.29 is 14.5 Å². The SMILES string of the molecule is O=C(Nc1ccc(Cl)c(Cl)c1)NN1C(=O)/C(=C\c2cccc([N+](=O)[O-])c2)SC1=S. The smallest absolute Gasteiger partial charge is 0.307 e. The lowest BCUT2D eigenvalue weighted by Gasteiger charge is -2.16. The maximum Gasteiger partial charge on any atom is 0.338 e. The summed E-state index contributed by atoms with van der Waals surface area (Å²) in [6.07, 6.45) is 1.46. The summed E-state index contributed by atoms with van der Waals surface area (Å²) < 4.78 is 0.107. The van der Waals surface area contributed by atoms with Gasteiger partial charge in [0.2, 0.25) is 0 Å². The number of carbonyl (C=O) groups excluding carboxylic acids is 2. The lowest BCUT2D eigenvalue weighted by atomic mass is 10.2. The normalized spacial score (nSPS) is 15.0. The molecule has 1 heterocycles. The molecule has 0 aromatic heterocycles. The Morgan fingerprint density at radius 1 is 1.21 bits per heavy atom. The molecular formula is C17H10Cl2N4O4S2. The van der Waals surface area contributed by atoms with Crippen LogP contribution in [0, 0.1) is 10.1 Å². The lowest BCUT2D eigenvalue weighted by Crippen LogP contribution is -2.46. The number of nitrogens with one attached hydrogen (secondary N) is 2. The largest absolute Gasteiger partial charge is 0.338 e. The summed E-state index contributed by atoms with van der Waals surface area (Å²) in [4.78, 5) is 35.3. The average molecular weight is 469 g/mol. The van der Waals surface area contributed by atoms with Gasteiger partial charge in [-0.1, -0.05) is 47.1 Å². The maximum absolute atomic E-state index is 12.6. The third-order valence-corrected chi connectivity index (χ3v) is 5.60. The summed E-state index contributed by atoms with van der Waals surface area (Å²) >= 11 is 17.8. The summed E-state index contributed by atoms with van der Waals surface area (Å²) in [5.41, 5.74) is 3.08. The number of urea groups is 1. The second-order valence-corrected chi connectivity index (χ2v) is 8.05. The first kappa shape index (κ1) is 21.1. The van der Waals surface area contributed by atoms with Crippen LogP contribution >= 0.6 is 47.2 Å². The van der Waals surface area contributed by atoms with Gasteiger partial charge < -0.3 is 5.32 Å². The summed E-state index contributed by atoms with van der Waals surface area (Å²) in [5, 5.41) is 14.9. The van der Waals surface area contributed by atoms with Gasteiger partial charge in [0, 0.05) is 17.8 Å². The number of halogens is 2. The van der Waals surface area contributed by atoms with Crippen LogP contribution in [-0.2, 0) is 4.79 Å². The summed E-state index contributed by atoms with van der Waals surface area (Å²) in [5.74, 6) is -0.559. The van der Waals surface area contributed by atoms with Crippen molar-refractivity contribution in [2.24, 2.45) is 0 Å². The van der Waals surface area contributed by atoms with Crippen LogP contribution in [0.4, 0.5) is 16.2 Å². The highest BCUT2D eigenvalue weighted by molar-refractivity contribution is 8.26. The number of carbonyl (C=O) groups is 2. The Labute approximate surface area is 184 Å². The number of anilines is 1. The minimum atomic E-state index is -0.712. The Balaban J connectivity index is 1.71. The predicted octanol–water partition coefficient (Wildman–Crippen LogP) is 4.84. The molecule has 1 aliphatic rings. The quantitative estimate of drug-likeness (QED) is 0.288. The number of rotatable bonds is 4. The third-order valence-electron chi connectivity index (χ3n) is 3.56. The Hall–Kier alpha value is -2.66. The molecule has 1 aliphatic heterocycles. The molecule has 2 aromatic rings. The number of amides is 3. The van der Waals surface area contributed by atoms with Crippen molar-refractivity contribution in [1.29, 1.82) is 0 Å². The van der Waals surface area contributed by atoms with E-state index in [2.05, 4.69) is 10.7 Å². The second-order valence-electron chi connectivity index (χ2n) is 5.56. The molecule has 12 heteroatoms. The van der Waals surface area contributed by atoms with Crippen LogP contribution in [-0.4, -0.2) is 26.2 Å². The monoisotopic (exact) mass is 468 g/mol. The first-order valence-corrected chi connectivity index (χ1v) is 9.78. The van der Waals surface area contributed by atoms with Gasteiger partial charge in [-0.2, -0.15) is 5.01 Å². The van der Waals surface area contributed by atoms with E-state index in [4.69, 9.17) is 35.4 Å². The Kier molecular flexibility index (Phi) is 6.38. The molecule has 2 N–H and O–H groups in total. The summed E-state index contributed by atoms with van der Waals surface area (Å²) in [7, 11) is 0. The van der Waals surface area contributed by atoms with E-state index in [0.717, 1.165) is 16.8 Å². The van der Waals surface area contributed by atoms with Crippen LogP contribution in [0.3, 0.4) is 0 Å². The Morgan fingerprint density at radius 3 is 2.66 bits per heavy atom. The van der Waals surface area contributed by atoms with E-state index < -0.39 is 16.9 Å². The van der Waals surface area contributed by atoms with E-state index in [1.807, 2.05) is 0 Å². The molecule has 0 saturated carbocycles. The Bertz CT molecular complexity index is 1080. The Morgan fingerprint density at radius 2 is 1.97 bits per heavy atom. The zero-order chi connectivity index (χ0) is 21.1. The summed E-state index contributed by atoms with van der Waals surface area (Å²) in [6, 6.07) is 9.60. The fourth-order valence-electron chi connectivity index (χ4n) is 2.28. The molecule has 3 amide bonds. The standard InChI is InChI=1S/C17H10Cl2N4O4S2/c18-12-5-4-10(8-13(12)19)20-16(25)21-22-15(24)14(29-17(22)28)7-9-2-1-3-11(6-9)23(26)27/h1-8H,(H2,20,21,25)/b14-7+. The highest BCUT2D eigenvalue weighted by Gasteiger charge is 2.33. The van der Waals surface area contributed by atoms with E-state index >= 15 is 0 Å². The van der Waals surface area contributed by atoms with Crippen molar-refractivity contribution in [2.45, 2.75) is 0 Å². The van der Waals surface area contributed by atoms with Crippen molar-refractivity contribution in [3.05, 3.63) is 73.1 Å². The van der Waals surface area contributed by atoms with Gasteiger partial charge in [0.1, 0.15) is 0 Å². The molecule has 0 aliphatic carbocycles. The zero-order valence-electron chi connectivity index (χ0n) is 14.2. The van der Waals surface area contributed by atoms with Gasteiger partial charge in [0.25, 0.3) is 11.6 Å². The van der Waals surface area contributed by atoms with Crippen molar-refractivity contribution >= 4 is 80.9 Å². The van der Waals surface area contributed by atoms with Crippen molar-refractivity contribution in [3.63, 3.8) is 0 Å². The molecule has 148 valence electrons.